The third-order valence-electron chi connectivity index (χ3n) is 2.24. The summed E-state index contributed by atoms with van der Waals surface area (Å²) in [6.07, 6.45) is 1.18. The standard InChI is InChI=1S/C13H21NO/c1-3-8-14-9-10-15-11-13-6-4-12(2)5-7-13/h4-7,14H,3,8-11H2,1-2H3. The van der Waals surface area contributed by atoms with Gasteiger partial charge in [0.15, 0.2) is 0 Å². The Balaban J connectivity index is 2.07. The third kappa shape index (κ3) is 5.55. The summed E-state index contributed by atoms with van der Waals surface area (Å²) in [4.78, 5) is 0. The highest BCUT2D eigenvalue weighted by molar-refractivity contribution is 5.20. The minimum atomic E-state index is 0.716. The highest BCUT2D eigenvalue weighted by Crippen LogP contribution is 2.03. The van der Waals surface area contributed by atoms with E-state index in [1.165, 1.54) is 17.5 Å². The smallest absolute Gasteiger partial charge is 0.0717 e. The molecule has 1 N–H and O–H groups in total. The molecule has 0 unspecified atom stereocenters. The Morgan fingerprint density at radius 1 is 1.13 bits per heavy atom. The van der Waals surface area contributed by atoms with Crippen LogP contribution in [0.4, 0.5) is 0 Å². The van der Waals surface area contributed by atoms with Crippen LogP contribution in [-0.2, 0) is 11.3 Å². The normalized spacial score (nSPS) is 10.5. The fourth-order valence-electron chi connectivity index (χ4n) is 1.32. The van der Waals surface area contributed by atoms with Crippen molar-refractivity contribution in [2.75, 3.05) is 19.7 Å². The number of rotatable bonds is 7. The van der Waals surface area contributed by atoms with Gasteiger partial charge in [0.25, 0.3) is 0 Å². The maximum Gasteiger partial charge on any atom is 0.0717 e. The molecule has 0 aliphatic heterocycles. The molecule has 0 fully saturated rings. The number of nitrogens with one attached hydrogen (secondary N) is 1. The molecular weight excluding hydrogens is 186 g/mol. The van der Waals surface area contributed by atoms with Crippen molar-refractivity contribution >= 4 is 0 Å². The lowest BCUT2D eigenvalue weighted by molar-refractivity contribution is 0.123. The summed E-state index contributed by atoms with van der Waals surface area (Å²) in [6.45, 7) is 7.79. The Hall–Kier alpha value is -0.860. The van der Waals surface area contributed by atoms with Crippen LogP contribution in [-0.4, -0.2) is 19.7 Å². The average molecular weight is 207 g/mol. The minimum absolute atomic E-state index is 0.716. The largest absolute Gasteiger partial charge is 0.375 e. The lowest BCUT2D eigenvalue weighted by Gasteiger charge is -2.05. The summed E-state index contributed by atoms with van der Waals surface area (Å²) in [5.41, 5.74) is 2.54. The molecule has 1 aromatic rings. The molecule has 0 heterocycles. The van der Waals surface area contributed by atoms with Crippen LogP contribution < -0.4 is 5.32 Å². The van der Waals surface area contributed by atoms with Crippen molar-refractivity contribution in [3.8, 4) is 0 Å². The topological polar surface area (TPSA) is 21.3 Å². The Kier molecular flexibility index (Phi) is 6.05. The summed E-state index contributed by atoms with van der Waals surface area (Å²) in [7, 11) is 0. The maximum atomic E-state index is 5.54. The van der Waals surface area contributed by atoms with Gasteiger partial charge in [-0.2, -0.15) is 0 Å². The van der Waals surface area contributed by atoms with Crippen LogP contribution in [0.1, 0.15) is 24.5 Å². The quantitative estimate of drug-likeness (QED) is 0.694. The second-order valence-electron chi connectivity index (χ2n) is 3.79. The summed E-state index contributed by atoms with van der Waals surface area (Å²) >= 11 is 0. The molecule has 0 aromatic heterocycles. The zero-order valence-corrected chi connectivity index (χ0v) is 9.75. The van der Waals surface area contributed by atoms with Gasteiger partial charge in [-0.25, -0.2) is 0 Å². The zero-order chi connectivity index (χ0) is 10.9. The number of aryl methyl sites for hydroxylation is 1. The molecule has 1 aromatic carbocycles. The van der Waals surface area contributed by atoms with Gasteiger partial charge in [0.2, 0.25) is 0 Å². The van der Waals surface area contributed by atoms with E-state index in [0.717, 1.165) is 19.7 Å². The van der Waals surface area contributed by atoms with Crippen LogP contribution in [0.5, 0.6) is 0 Å². The van der Waals surface area contributed by atoms with Crippen LogP contribution in [0.15, 0.2) is 24.3 Å². The van der Waals surface area contributed by atoms with Crippen molar-refractivity contribution < 1.29 is 4.74 Å². The molecule has 0 aliphatic rings. The van der Waals surface area contributed by atoms with Gasteiger partial charge in [-0.05, 0) is 25.5 Å². The van der Waals surface area contributed by atoms with Crippen LogP contribution in [0.3, 0.4) is 0 Å². The van der Waals surface area contributed by atoms with E-state index in [-0.39, 0.29) is 0 Å². The SMILES string of the molecule is CCCNCCOCc1ccc(C)cc1. The van der Waals surface area contributed by atoms with E-state index in [9.17, 15) is 0 Å². The molecule has 0 spiro atoms. The first-order valence-electron chi connectivity index (χ1n) is 5.67. The highest BCUT2D eigenvalue weighted by atomic mass is 16.5. The maximum absolute atomic E-state index is 5.54. The monoisotopic (exact) mass is 207 g/mol. The van der Waals surface area contributed by atoms with E-state index in [1.807, 2.05) is 0 Å². The van der Waals surface area contributed by atoms with E-state index < -0.39 is 0 Å². The fourth-order valence-corrected chi connectivity index (χ4v) is 1.32. The predicted octanol–water partition coefficient (Wildman–Crippen LogP) is 2.51. The van der Waals surface area contributed by atoms with Gasteiger partial charge >= 0.3 is 0 Å². The van der Waals surface area contributed by atoms with Gasteiger partial charge in [0.05, 0.1) is 13.2 Å². The number of benzene rings is 1. The molecule has 0 amide bonds. The molecule has 0 aliphatic carbocycles. The second kappa shape index (κ2) is 7.43. The van der Waals surface area contributed by atoms with Crippen molar-refractivity contribution in [1.82, 2.24) is 5.32 Å². The van der Waals surface area contributed by atoms with Crippen molar-refractivity contribution in [2.24, 2.45) is 0 Å². The van der Waals surface area contributed by atoms with Crippen molar-refractivity contribution in [3.05, 3.63) is 35.4 Å². The molecule has 84 valence electrons. The van der Waals surface area contributed by atoms with E-state index in [0.29, 0.717) is 6.61 Å². The van der Waals surface area contributed by atoms with Gasteiger partial charge in [0, 0.05) is 6.54 Å². The predicted molar refractivity (Wildman–Crippen MR) is 64.0 cm³/mol. The molecule has 2 nitrogen and oxygen atoms in total. The van der Waals surface area contributed by atoms with Crippen LogP contribution in [0, 0.1) is 6.92 Å². The van der Waals surface area contributed by atoms with E-state index >= 15 is 0 Å². The summed E-state index contributed by atoms with van der Waals surface area (Å²) < 4.78 is 5.54. The van der Waals surface area contributed by atoms with Crippen LogP contribution >= 0.6 is 0 Å². The van der Waals surface area contributed by atoms with Gasteiger partial charge in [-0.1, -0.05) is 36.8 Å². The first kappa shape index (κ1) is 12.2. The van der Waals surface area contributed by atoms with E-state index in [1.54, 1.807) is 0 Å². The Morgan fingerprint density at radius 2 is 1.87 bits per heavy atom. The fraction of sp³-hybridized carbons (Fsp3) is 0.538. The first-order valence-corrected chi connectivity index (χ1v) is 5.67. The molecule has 0 saturated carbocycles. The van der Waals surface area contributed by atoms with Crippen LogP contribution in [0.2, 0.25) is 0 Å². The van der Waals surface area contributed by atoms with Gasteiger partial charge in [-0.3, -0.25) is 0 Å². The molecular formula is C13H21NO. The number of ether oxygens (including phenoxy) is 1. The van der Waals surface area contributed by atoms with Crippen LogP contribution in [0.25, 0.3) is 0 Å². The number of hydrogen-bond donors (Lipinski definition) is 1. The average Bonchev–Trinajstić information content (AvgIpc) is 2.26. The lowest BCUT2D eigenvalue weighted by Crippen LogP contribution is -2.20. The molecule has 1 rings (SSSR count). The Labute approximate surface area is 92.6 Å². The minimum Gasteiger partial charge on any atom is -0.375 e. The Bertz CT molecular complexity index is 256. The number of hydrogen-bond acceptors (Lipinski definition) is 2. The first-order chi connectivity index (χ1) is 7.33. The summed E-state index contributed by atoms with van der Waals surface area (Å²) in [5.74, 6) is 0. The molecule has 0 bridgehead atoms. The second-order valence-corrected chi connectivity index (χ2v) is 3.79. The van der Waals surface area contributed by atoms with E-state index in [4.69, 9.17) is 4.74 Å². The van der Waals surface area contributed by atoms with Crippen molar-refractivity contribution in [1.29, 1.82) is 0 Å². The van der Waals surface area contributed by atoms with Gasteiger partial charge in [-0.15, -0.1) is 0 Å². The third-order valence-corrected chi connectivity index (χ3v) is 2.24. The van der Waals surface area contributed by atoms with E-state index in [2.05, 4.69) is 43.4 Å². The molecule has 15 heavy (non-hydrogen) atoms. The Morgan fingerprint density at radius 3 is 2.53 bits per heavy atom. The molecule has 0 radical (unpaired) electrons. The van der Waals surface area contributed by atoms with Crippen molar-refractivity contribution in [3.63, 3.8) is 0 Å². The zero-order valence-electron chi connectivity index (χ0n) is 9.75. The summed E-state index contributed by atoms with van der Waals surface area (Å²) in [6, 6.07) is 8.48. The molecule has 0 saturated heterocycles. The molecule has 2 heteroatoms. The van der Waals surface area contributed by atoms with Gasteiger partial charge in [0.1, 0.15) is 0 Å². The summed E-state index contributed by atoms with van der Waals surface area (Å²) in [5, 5.41) is 3.31. The molecule has 0 atom stereocenters. The van der Waals surface area contributed by atoms with Gasteiger partial charge < -0.3 is 10.1 Å². The van der Waals surface area contributed by atoms with Crippen molar-refractivity contribution in [2.45, 2.75) is 26.9 Å². The highest BCUT2D eigenvalue weighted by Gasteiger charge is 1.92. The lowest BCUT2D eigenvalue weighted by atomic mass is 10.2.